The molecule has 13 heteroatoms. The minimum atomic E-state index is -4.35. The summed E-state index contributed by atoms with van der Waals surface area (Å²) in [6.45, 7) is 0. The van der Waals surface area contributed by atoms with Gasteiger partial charge in [0.1, 0.15) is 0 Å². The van der Waals surface area contributed by atoms with Crippen LogP contribution in [0.1, 0.15) is 2.85 Å². The van der Waals surface area contributed by atoms with E-state index in [0.717, 1.165) is 0 Å². The second-order valence-corrected chi connectivity index (χ2v) is 9.82. The molecule has 0 heterocycles. The zero-order valence-corrected chi connectivity index (χ0v) is 23.8. The fourth-order valence-corrected chi connectivity index (χ4v) is 4.25. The van der Waals surface area contributed by atoms with E-state index in [0.29, 0.717) is 32.9 Å². The van der Waals surface area contributed by atoms with Gasteiger partial charge in [0.25, 0.3) is 20.2 Å². The van der Waals surface area contributed by atoms with E-state index in [1.54, 1.807) is 36.4 Å². The van der Waals surface area contributed by atoms with Crippen molar-refractivity contribution in [3.8, 4) is 0 Å². The summed E-state index contributed by atoms with van der Waals surface area (Å²) in [5.74, 6) is 0. The normalized spacial score (nSPS) is 11.4. The molecule has 0 unspecified atom stereocenters. The Morgan fingerprint density at radius 2 is 0.941 bits per heavy atom. The van der Waals surface area contributed by atoms with Gasteiger partial charge in [0.05, 0.1) is 9.79 Å². The fourth-order valence-electron chi connectivity index (χ4n) is 3.22. The van der Waals surface area contributed by atoms with Crippen LogP contribution in [0.3, 0.4) is 0 Å². The van der Waals surface area contributed by atoms with E-state index >= 15 is 0 Å². The molecule has 0 radical (unpaired) electrons. The molecular formula is C21H18N2Na2O7S2. The second-order valence-electron chi connectivity index (χ2n) is 6.98. The number of fused-ring (bicyclic) bond motifs is 2. The molecule has 2 amide bonds. The molecule has 4 aromatic carbocycles. The first-order chi connectivity index (χ1) is 15.0. The number of carbonyl (C=O) groups excluding carboxylic acids is 1. The number of nitrogens with one attached hydrogen (secondary N) is 2. The number of rotatable bonds is 4. The summed E-state index contributed by atoms with van der Waals surface area (Å²) in [6, 6.07) is 17.4. The maximum absolute atomic E-state index is 12.4. The molecule has 168 valence electrons. The van der Waals surface area contributed by atoms with E-state index in [9.17, 15) is 30.7 Å². The molecule has 9 nitrogen and oxygen atoms in total. The van der Waals surface area contributed by atoms with Crippen molar-refractivity contribution in [2.24, 2.45) is 0 Å². The SMILES string of the molecule is O=C(Nc1ccc2ccc(S(=O)(=O)O)cc2c1)Nc1ccc2ccc(S(=O)(=O)O)cc2c1.[H-].[H-].[Na+].[Na+]. The summed E-state index contributed by atoms with van der Waals surface area (Å²) in [4.78, 5) is 11.9. The molecule has 0 aliphatic heterocycles. The van der Waals surface area contributed by atoms with E-state index in [-0.39, 0.29) is 71.8 Å². The maximum Gasteiger partial charge on any atom is 1.00 e. The smallest absolute Gasteiger partial charge is 1.00 e. The van der Waals surface area contributed by atoms with Crippen LogP contribution in [0.4, 0.5) is 16.2 Å². The van der Waals surface area contributed by atoms with Crippen LogP contribution in [0.25, 0.3) is 21.5 Å². The van der Waals surface area contributed by atoms with Gasteiger partial charge in [-0.1, -0.05) is 24.3 Å². The molecule has 0 aliphatic rings. The Bertz CT molecular complexity index is 1500. The molecular weight excluding hydrogens is 502 g/mol. The van der Waals surface area contributed by atoms with E-state index in [4.69, 9.17) is 0 Å². The largest absolute Gasteiger partial charge is 1.00 e. The maximum atomic E-state index is 12.4. The topological polar surface area (TPSA) is 150 Å². The van der Waals surface area contributed by atoms with Gasteiger partial charge in [-0.2, -0.15) is 16.8 Å². The van der Waals surface area contributed by atoms with Crippen LogP contribution in [-0.4, -0.2) is 32.0 Å². The molecule has 0 saturated carbocycles. The van der Waals surface area contributed by atoms with Crippen LogP contribution in [-0.2, 0) is 20.2 Å². The first kappa shape index (κ1) is 28.7. The Morgan fingerprint density at radius 3 is 1.29 bits per heavy atom. The average molecular weight is 520 g/mol. The van der Waals surface area contributed by atoms with Gasteiger partial charge in [-0.25, -0.2) is 4.79 Å². The van der Waals surface area contributed by atoms with Gasteiger partial charge in [0.2, 0.25) is 0 Å². The van der Waals surface area contributed by atoms with Crippen molar-refractivity contribution in [3.63, 3.8) is 0 Å². The van der Waals surface area contributed by atoms with E-state index < -0.39 is 26.3 Å². The van der Waals surface area contributed by atoms with Gasteiger partial charge < -0.3 is 13.5 Å². The zero-order chi connectivity index (χ0) is 23.1. The fraction of sp³-hybridized carbons (Fsp3) is 0. The summed E-state index contributed by atoms with van der Waals surface area (Å²) >= 11 is 0. The first-order valence-electron chi connectivity index (χ1n) is 9.10. The van der Waals surface area contributed by atoms with Crippen LogP contribution in [0.2, 0.25) is 0 Å². The number of hydrogen-bond donors (Lipinski definition) is 4. The molecule has 0 spiro atoms. The third-order valence-corrected chi connectivity index (χ3v) is 6.43. The minimum Gasteiger partial charge on any atom is -1.00 e. The predicted octanol–water partition coefficient (Wildman–Crippen LogP) is -1.64. The number of urea groups is 1. The van der Waals surface area contributed by atoms with Crippen molar-refractivity contribution in [1.82, 2.24) is 0 Å². The monoisotopic (exact) mass is 520 g/mol. The second kappa shape index (κ2) is 11.0. The van der Waals surface area contributed by atoms with Crippen molar-refractivity contribution < 1.29 is 92.7 Å². The number of hydrogen-bond acceptors (Lipinski definition) is 5. The van der Waals surface area contributed by atoms with Crippen LogP contribution in [0.15, 0.2) is 82.6 Å². The molecule has 4 N–H and O–H groups in total. The Labute approximate surface area is 243 Å². The standard InChI is InChI=1S/C21H16N2O7S2.2Na.2H/c24-21(22-17-5-1-13-3-7-19(31(25,26)27)11-15(13)9-17)23-18-6-2-14-4-8-20(32(28,29)30)12-16(14)10-18;;;;/h1-12H,(H2,22,23,24)(H,25,26,27)(H,28,29,30);;;;/q;2*+1;2*-1. The van der Waals surface area contributed by atoms with Gasteiger partial charge in [-0.3, -0.25) is 9.11 Å². The molecule has 4 rings (SSSR count). The Kier molecular flexibility index (Phi) is 9.33. The van der Waals surface area contributed by atoms with Gasteiger partial charge >= 0.3 is 65.1 Å². The molecule has 0 saturated heterocycles. The third kappa shape index (κ3) is 6.79. The van der Waals surface area contributed by atoms with Gasteiger partial charge in [0, 0.05) is 11.4 Å². The summed E-state index contributed by atoms with van der Waals surface area (Å²) in [6.07, 6.45) is 0. The van der Waals surface area contributed by atoms with Crippen molar-refractivity contribution >= 4 is 59.2 Å². The number of amides is 2. The first-order valence-corrected chi connectivity index (χ1v) is 12.0. The number of carbonyl (C=O) groups is 1. The van der Waals surface area contributed by atoms with Crippen molar-refractivity contribution in [1.29, 1.82) is 0 Å². The van der Waals surface area contributed by atoms with E-state index in [1.807, 2.05) is 0 Å². The summed E-state index contributed by atoms with van der Waals surface area (Å²) in [5, 5.41) is 7.69. The molecule has 34 heavy (non-hydrogen) atoms. The molecule has 0 aromatic heterocycles. The van der Waals surface area contributed by atoms with Gasteiger partial charge in [-0.05, 0) is 70.1 Å². The molecule has 0 bridgehead atoms. The Morgan fingerprint density at radius 1 is 0.588 bits per heavy atom. The Balaban J connectivity index is 0.00000306. The van der Waals surface area contributed by atoms with Crippen LogP contribution >= 0.6 is 0 Å². The third-order valence-electron chi connectivity index (χ3n) is 4.73. The molecule has 4 aromatic rings. The van der Waals surface area contributed by atoms with Gasteiger partial charge in [-0.15, -0.1) is 0 Å². The van der Waals surface area contributed by atoms with Crippen molar-refractivity contribution in [3.05, 3.63) is 72.8 Å². The van der Waals surface area contributed by atoms with E-state index in [1.165, 1.54) is 36.4 Å². The van der Waals surface area contributed by atoms with Crippen LogP contribution in [0, 0.1) is 0 Å². The van der Waals surface area contributed by atoms with Crippen molar-refractivity contribution in [2.45, 2.75) is 9.79 Å². The predicted molar refractivity (Wildman–Crippen MR) is 122 cm³/mol. The quantitative estimate of drug-likeness (QED) is 0.186. The van der Waals surface area contributed by atoms with Crippen molar-refractivity contribution in [2.75, 3.05) is 10.6 Å². The summed E-state index contributed by atoms with van der Waals surface area (Å²) < 4.78 is 63.8. The minimum absolute atomic E-state index is 0. The summed E-state index contributed by atoms with van der Waals surface area (Å²) in [5.41, 5.74) is 0.772. The van der Waals surface area contributed by atoms with Crippen LogP contribution < -0.4 is 69.7 Å². The number of benzene rings is 4. The van der Waals surface area contributed by atoms with Crippen LogP contribution in [0.5, 0.6) is 0 Å². The summed E-state index contributed by atoms with van der Waals surface area (Å²) in [7, 11) is -8.71. The molecule has 0 aliphatic carbocycles. The van der Waals surface area contributed by atoms with E-state index in [2.05, 4.69) is 10.6 Å². The molecule has 0 atom stereocenters. The average Bonchev–Trinajstić information content (AvgIpc) is 2.71. The number of anilines is 2. The zero-order valence-electron chi connectivity index (χ0n) is 20.2. The van der Waals surface area contributed by atoms with Gasteiger partial charge in [0.15, 0.2) is 0 Å². The Hall–Kier alpha value is -1.51. The molecule has 0 fully saturated rings.